The average molecular weight is 533 g/mol. The van der Waals surface area contributed by atoms with Crippen LogP contribution >= 0.6 is 11.6 Å². The number of hydrogen-bond acceptors (Lipinski definition) is 9. The summed E-state index contributed by atoms with van der Waals surface area (Å²) in [6, 6.07) is 18.6. The van der Waals surface area contributed by atoms with Crippen LogP contribution in [0.5, 0.6) is 6.01 Å². The number of benzene rings is 2. The fourth-order valence-corrected chi connectivity index (χ4v) is 5.28. The van der Waals surface area contributed by atoms with Gasteiger partial charge in [-0.1, -0.05) is 48.0 Å². The van der Waals surface area contributed by atoms with Gasteiger partial charge in [-0.05, 0) is 29.3 Å². The van der Waals surface area contributed by atoms with Gasteiger partial charge in [0.1, 0.15) is 18.3 Å². The third-order valence-electron chi connectivity index (χ3n) is 6.99. The van der Waals surface area contributed by atoms with Gasteiger partial charge in [0.25, 0.3) is 6.01 Å². The van der Waals surface area contributed by atoms with Gasteiger partial charge >= 0.3 is 0 Å². The SMILES string of the molecule is CN1C=CN(c2ccc(-c3ccc(-c4nc5nc(O[C@@H]6COC7C6OC[C@H]7O)[nH]c5cc4Cl)cc3)cc2)N1. The van der Waals surface area contributed by atoms with E-state index in [9.17, 15) is 5.11 Å². The van der Waals surface area contributed by atoms with Crippen LogP contribution in [-0.4, -0.2) is 69.7 Å². The Bertz CT molecular complexity index is 1510. The van der Waals surface area contributed by atoms with Crippen LogP contribution in [0.15, 0.2) is 67.0 Å². The summed E-state index contributed by atoms with van der Waals surface area (Å²) in [5.74, 6) is 0. The highest BCUT2D eigenvalue weighted by molar-refractivity contribution is 6.33. The van der Waals surface area contributed by atoms with Crippen molar-refractivity contribution in [3.63, 3.8) is 0 Å². The normalized spacial score (nSPS) is 24.5. The van der Waals surface area contributed by atoms with Crippen LogP contribution in [0.4, 0.5) is 5.69 Å². The first-order chi connectivity index (χ1) is 18.5. The Morgan fingerprint density at radius 2 is 1.66 bits per heavy atom. The Hall–Kier alpha value is -3.67. The van der Waals surface area contributed by atoms with Crippen molar-refractivity contribution in [2.75, 3.05) is 25.3 Å². The molecule has 2 fully saturated rings. The van der Waals surface area contributed by atoms with Gasteiger partial charge in [0.2, 0.25) is 0 Å². The van der Waals surface area contributed by atoms with E-state index in [1.165, 1.54) is 0 Å². The Morgan fingerprint density at radius 1 is 0.947 bits per heavy atom. The van der Waals surface area contributed by atoms with E-state index in [-0.39, 0.29) is 24.9 Å². The van der Waals surface area contributed by atoms with Crippen molar-refractivity contribution in [1.82, 2.24) is 25.5 Å². The molecule has 4 atom stereocenters. The van der Waals surface area contributed by atoms with Crippen molar-refractivity contribution < 1.29 is 19.3 Å². The molecule has 0 radical (unpaired) electrons. The number of fused-ring (bicyclic) bond motifs is 2. The predicted octanol–water partition coefficient (Wildman–Crippen LogP) is 3.49. The molecule has 3 aliphatic heterocycles. The first-order valence-electron chi connectivity index (χ1n) is 12.3. The van der Waals surface area contributed by atoms with Gasteiger partial charge in [0.15, 0.2) is 11.8 Å². The monoisotopic (exact) mass is 532 g/mol. The topological polar surface area (TPSA) is 108 Å². The van der Waals surface area contributed by atoms with E-state index in [2.05, 4.69) is 51.9 Å². The van der Waals surface area contributed by atoms with E-state index in [0.717, 1.165) is 22.4 Å². The largest absolute Gasteiger partial charge is 0.456 e. The number of aliphatic hydroxyl groups excluding tert-OH is 1. The summed E-state index contributed by atoms with van der Waals surface area (Å²) < 4.78 is 17.3. The van der Waals surface area contributed by atoms with Gasteiger partial charge in [-0.15, -0.1) is 5.53 Å². The van der Waals surface area contributed by atoms with E-state index in [4.69, 9.17) is 30.8 Å². The van der Waals surface area contributed by atoms with E-state index in [1.54, 1.807) is 6.07 Å². The number of rotatable bonds is 5. The van der Waals surface area contributed by atoms with Crippen molar-refractivity contribution in [3.05, 3.63) is 72.0 Å². The first kappa shape index (κ1) is 23.4. The maximum atomic E-state index is 9.95. The fourth-order valence-electron chi connectivity index (χ4n) is 5.02. The number of ether oxygens (including phenoxy) is 3. The molecule has 7 rings (SSSR count). The molecule has 5 heterocycles. The van der Waals surface area contributed by atoms with Crippen LogP contribution in [-0.2, 0) is 9.47 Å². The summed E-state index contributed by atoms with van der Waals surface area (Å²) in [4.78, 5) is 12.3. The lowest BCUT2D eigenvalue weighted by molar-refractivity contribution is 0.00706. The number of H-pyrrole nitrogens is 1. The second kappa shape index (κ2) is 9.26. The molecule has 2 saturated heterocycles. The van der Waals surface area contributed by atoms with Crippen LogP contribution in [0, 0.1) is 0 Å². The number of aromatic amines is 1. The molecule has 2 aromatic heterocycles. The highest BCUT2D eigenvalue weighted by atomic mass is 35.5. The van der Waals surface area contributed by atoms with E-state index < -0.39 is 6.10 Å². The number of hydrogen-bond donors (Lipinski definition) is 3. The van der Waals surface area contributed by atoms with Gasteiger partial charge in [0, 0.05) is 25.0 Å². The van der Waals surface area contributed by atoms with Crippen molar-refractivity contribution >= 4 is 28.5 Å². The molecule has 2 aromatic carbocycles. The summed E-state index contributed by atoms with van der Waals surface area (Å²) in [7, 11) is 1.95. The minimum Gasteiger partial charge on any atom is -0.456 e. The molecule has 4 aromatic rings. The van der Waals surface area contributed by atoms with Crippen molar-refractivity contribution in [1.29, 1.82) is 0 Å². The van der Waals surface area contributed by atoms with E-state index >= 15 is 0 Å². The smallest absolute Gasteiger partial charge is 0.296 e. The van der Waals surface area contributed by atoms with Crippen LogP contribution < -0.4 is 15.3 Å². The van der Waals surface area contributed by atoms with Gasteiger partial charge in [-0.3, -0.25) is 10.0 Å². The Labute approximate surface area is 223 Å². The Kier molecular flexibility index (Phi) is 5.71. The number of anilines is 1. The van der Waals surface area contributed by atoms with E-state index in [0.29, 0.717) is 34.5 Å². The molecule has 3 N–H and O–H groups in total. The summed E-state index contributed by atoms with van der Waals surface area (Å²) in [5, 5.41) is 14.3. The number of aromatic nitrogens is 3. The molecule has 0 aliphatic carbocycles. The highest BCUT2D eigenvalue weighted by Crippen LogP contribution is 2.33. The van der Waals surface area contributed by atoms with Gasteiger partial charge in [-0.2, -0.15) is 4.98 Å². The Morgan fingerprint density at radius 3 is 2.39 bits per heavy atom. The zero-order chi connectivity index (χ0) is 25.8. The second-order valence-electron chi connectivity index (χ2n) is 9.55. The van der Waals surface area contributed by atoms with Crippen LogP contribution in [0.2, 0.25) is 5.02 Å². The second-order valence-corrected chi connectivity index (χ2v) is 9.96. The molecular formula is C27H25ClN6O4. The zero-order valence-corrected chi connectivity index (χ0v) is 21.2. The summed E-state index contributed by atoms with van der Waals surface area (Å²) in [6.45, 7) is 0.562. The molecule has 2 unspecified atom stereocenters. The number of nitrogens with one attached hydrogen (secondary N) is 2. The molecule has 0 spiro atoms. The summed E-state index contributed by atoms with van der Waals surface area (Å²) >= 11 is 6.61. The van der Waals surface area contributed by atoms with Crippen LogP contribution in [0.1, 0.15) is 0 Å². The van der Waals surface area contributed by atoms with Crippen molar-refractivity contribution in [2.24, 2.45) is 0 Å². The lowest BCUT2D eigenvalue weighted by atomic mass is 10.0. The summed E-state index contributed by atoms with van der Waals surface area (Å²) in [6.07, 6.45) is 2.24. The van der Waals surface area contributed by atoms with Crippen LogP contribution in [0.25, 0.3) is 33.5 Å². The molecular weight excluding hydrogens is 508 g/mol. The Balaban J connectivity index is 1.09. The third kappa shape index (κ3) is 4.16. The fraction of sp³-hybridized carbons (Fsp3) is 0.259. The average Bonchev–Trinajstić information content (AvgIpc) is 3.71. The summed E-state index contributed by atoms with van der Waals surface area (Å²) in [5.41, 5.74) is 9.14. The van der Waals surface area contributed by atoms with Gasteiger partial charge in [0.05, 0.1) is 35.1 Å². The minimum absolute atomic E-state index is 0.242. The zero-order valence-electron chi connectivity index (χ0n) is 20.4. The number of halogens is 1. The first-order valence-corrected chi connectivity index (χ1v) is 12.7. The molecule has 10 nitrogen and oxygen atoms in total. The number of imidazole rings is 1. The maximum Gasteiger partial charge on any atom is 0.296 e. The molecule has 0 saturated carbocycles. The standard InChI is InChI=1S/C27H25ClN6O4/c1-33-10-11-34(32-33)18-8-6-16(7-9-18)15-2-4-17(5-3-15)23-19(28)12-20-26(30-23)31-27(29-20)38-22-14-37-24-21(35)13-36-25(22)24/h2-12,21-22,24-25,32,35H,13-14H2,1H3,(H,29,30,31)/t21-,22-,24?,25?/m1/s1. The lowest BCUT2D eigenvalue weighted by Gasteiger charge is -2.19. The number of nitrogens with zero attached hydrogens (tertiary/aromatic N) is 4. The van der Waals surface area contributed by atoms with Gasteiger partial charge < -0.3 is 24.3 Å². The van der Waals surface area contributed by atoms with Crippen LogP contribution in [0.3, 0.4) is 0 Å². The minimum atomic E-state index is -0.634. The van der Waals surface area contributed by atoms with Crippen molar-refractivity contribution in [3.8, 4) is 28.4 Å². The molecule has 0 bridgehead atoms. The predicted molar refractivity (Wildman–Crippen MR) is 142 cm³/mol. The number of pyridine rings is 1. The highest BCUT2D eigenvalue weighted by Gasteiger charge is 2.48. The molecule has 38 heavy (non-hydrogen) atoms. The number of hydrazine groups is 2. The van der Waals surface area contributed by atoms with Crippen molar-refractivity contribution in [2.45, 2.75) is 24.4 Å². The van der Waals surface area contributed by atoms with E-state index in [1.807, 2.05) is 41.6 Å². The third-order valence-corrected chi connectivity index (χ3v) is 7.28. The quantitative estimate of drug-likeness (QED) is 0.356. The molecule has 0 amide bonds. The molecule has 3 aliphatic rings. The lowest BCUT2D eigenvalue weighted by Crippen LogP contribution is -2.36. The molecule has 11 heteroatoms. The maximum absolute atomic E-state index is 9.95. The number of aliphatic hydroxyl groups is 1. The molecule has 194 valence electrons. The van der Waals surface area contributed by atoms with Gasteiger partial charge in [-0.25, -0.2) is 4.98 Å².